The number of nitrogens with zero attached hydrogens (tertiary/aromatic N) is 1. The molecule has 118 valence electrons. The van der Waals surface area contributed by atoms with Gasteiger partial charge in [-0.05, 0) is 25.9 Å². The molecule has 1 saturated heterocycles. The van der Waals surface area contributed by atoms with Crippen LogP contribution in [0.3, 0.4) is 0 Å². The monoisotopic (exact) mass is 337 g/mol. The van der Waals surface area contributed by atoms with E-state index in [0.29, 0.717) is 5.92 Å². The summed E-state index contributed by atoms with van der Waals surface area (Å²) in [6.07, 6.45) is 0. The predicted molar refractivity (Wildman–Crippen MR) is 93.7 cm³/mol. The van der Waals surface area contributed by atoms with Crippen LogP contribution >= 0.6 is 23.7 Å². The van der Waals surface area contributed by atoms with Crippen molar-refractivity contribution in [1.82, 2.24) is 10.3 Å². The minimum Gasteiger partial charge on any atom is -0.316 e. The van der Waals surface area contributed by atoms with Crippen molar-refractivity contribution in [1.29, 1.82) is 0 Å². The Bertz CT molecular complexity index is 640. The highest BCUT2D eigenvalue weighted by Crippen LogP contribution is 2.33. The van der Waals surface area contributed by atoms with Gasteiger partial charge < -0.3 is 10.6 Å². The highest BCUT2D eigenvalue weighted by molar-refractivity contribution is 7.16. The van der Waals surface area contributed by atoms with Crippen molar-refractivity contribution in [3.63, 3.8) is 0 Å². The molecule has 1 amide bonds. The van der Waals surface area contributed by atoms with Gasteiger partial charge in [-0.2, -0.15) is 0 Å². The fourth-order valence-corrected chi connectivity index (χ4v) is 3.25. The Kier molecular flexibility index (Phi) is 5.56. The zero-order valence-electron chi connectivity index (χ0n) is 12.6. The van der Waals surface area contributed by atoms with E-state index in [1.807, 2.05) is 44.2 Å². The molecule has 22 heavy (non-hydrogen) atoms. The number of halogens is 1. The van der Waals surface area contributed by atoms with Gasteiger partial charge in [-0.1, -0.05) is 37.3 Å². The molecule has 3 rings (SSSR count). The standard InChI is InChI=1S/C16H19N3OS.ClH/c1-10(13-8-17-9-13)15(20)19-16-14(18-11(2)21-16)12-6-4-3-5-7-12;/h3-7,10,13,17H,8-9H2,1-2H3,(H,19,20);1H. The minimum atomic E-state index is 0. The van der Waals surface area contributed by atoms with Crippen LogP contribution in [0.5, 0.6) is 0 Å². The number of aryl methyl sites for hydroxylation is 1. The molecule has 2 N–H and O–H groups in total. The average molecular weight is 338 g/mol. The van der Waals surface area contributed by atoms with Gasteiger partial charge in [0, 0.05) is 11.5 Å². The molecule has 0 radical (unpaired) electrons. The van der Waals surface area contributed by atoms with Gasteiger partial charge in [-0.15, -0.1) is 23.7 Å². The van der Waals surface area contributed by atoms with Crippen molar-refractivity contribution in [3.8, 4) is 11.3 Å². The SMILES string of the molecule is Cc1nc(-c2ccccc2)c(NC(=O)C(C)C2CNC2)s1.Cl. The van der Waals surface area contributed by atoms with Gasteiger partial charge in [0.1, 0.15) is 10.7 Å². The lowest BCUT2D eigenvalue weighted by atomic mass is 9.88. The summed E-state index contributed by atoms with van der Waals surface area (Å²) in [4.78, 5) is 16.9. The highest BCUT2D eigenvalue weighted by Gasteiger charge is 2.29. The van der Waals surface area contributed by atoms with Crippen molar-refractivity contribution in [2.75, 3.05) is 18.4 Å². The van der Waals surface area contributed by atoms with Gasteiger partial charge in [-0.3, -0.25) is 4.79 Å². The molecule has 0 aliphatic carbocycles. The Morgan fingerprint density at radius 1 is 1.36 bits per heavy atom. The summed E-state index contributed by atoms with van der Waals surface area (Å²) in [6, 6.07) is 9.98. The molecule has 6 heteroatoms. The Morgan fingerprint density at radius 3 is 2.64 bits per heavy atom. The number of anilines is 1. The van der Waals surface area contributed by atoms with Crippen LogP contribution < -0.4 is 10.6 Å². The summed E-state index contributed by atoms with van der Waals surface area (Å²) in [5, 5.41) is 8.09. The van der Waals surface area contributed by atoms with Gasteiger partial charge >= 0.3 is 0 Å². The average Bonchev–Trinajstić information content (AvgIpc) is 2.78. The fraction of sp³-hybridized carbons (Fsp3) is 0.375. The largest absolute Gasteiger partial charge is 0.316 e. The Hall–Kier alpha value is -1.43. The van der Waals surface area contributed by atoms with Crippen LogP contribution in [0.1, 0.15) is 11.9 Å². The number of nitrogens with one attached hydrogen (secondary N) is 2. The van der Waals surface area contributed by atoms with Crippen LogP contribution in [0.25, 0.3) is 11.3 Å². The maximum Gasteiger partial charge on any atom is 0.228 e. The van der Waals surface area contributed by atoms with E-state index in [1.54, 1.807) is 0 Å². The third kappa shape index (κ3) is 3.48. The molecular formula is C16H20ClN3OS. The molecule has 1 aromatic carbocycles. The summed E-state index contributed by atoms with van der Waals surface area (Å²) in [6.45, 7) is 5.83. The molecule has 1 fully saturated rings. The number of thiazole rings is 1. The van der Waals surface area contributed by atoms with E-state index in [0.717, 1.165) is 34.4 Å². The van der Waals surface area contributed by atoms with Gasteiger partial charge in [0.05, 0.1) is 5.01 Å². The summed E-state index contributed by atoms with van der Waals surface area (Å²) < 4.78 is 0. The van der Waals surface area contributed by atoms with E-state index >= 15 is 0 Å². The molecule has 0 spiro atoms. The molecular weight excluding hydrogens is 318 g/mol. The van der Waals surface area contributed by atoms with Crippen molar-refractivity contribution < 1.29 is 4.79 Å². The van der Waals surface area contributed by atoms with E-state index in [9.17, 15) is 4.79 Å². The van der Waals surface area contributed by atoms with Crippen LogP contribution in [0, 0.1) is 18.8 Å². The molecule has 1 aliphatic heterocycles. The second kappa shape index (κ2) is 7.22. The zero-order valence-corrected chi connectivity index (χ0v) is 14.3. The van der Waals surface area contributed by atoms with Gasteiger partial charge in [0.25, 0.3) is 0 Å². The van der Waals surface area contributed by atoms with Crippen LogP contribution in [0.4, 0.5) is 5.00 Å². The van der Waals surface area contributed by atoms with E-state index in [1.165, 1.54) is 11.3 Å². The van der Waals surface area contributed by atoms with E-state index < -0.39 is 0 Å². The third-order valence-electron chi connectivity index (χ3n) is 3.95. The summed E-state index contributed by atoms with van der Waals surface area (Å²) in [5.74, 6) is 0.554. The van der Waals surface area contributed by atoms with Crippen molar-refractivity contribution in [2.45, 2.75) is 13.8 Å². The number of hydrogen-bond acceptors (Lipinski definition) is 4. The maximum absolute atomic E-state index is 12.4. The molecule has 1 aliphatic rings. The fourth-order valence-electron chi connectivity index (χ4n) is 2.41. The summed E-state index contributed by atoms with van der Waals surface area (Å²) >= 11 is 1.53. The molecule has 0 saturated carbocycles. The van der Waals surface area contributed by atoms with Gasteiger partial charge in [-0.25, -0.2) is 4.98 Å². The van der Waals surface area contributed by atoms with E-state index in [4.69, 9.17) is 0 Å². The number of rotatable bonds is 4. The normalized spacial score (nSPS) is 15.5. The van der Waals surface area contributed by atoms with Crippen molar-refractivity contribution in [3.05, 3.63) is 35.3 Å². The molecule has 2 aromatic rings. The van der Waals surface area contributed by atoms with Crippen LogP contribution in [-0.2, 0) is 4.79 Å². The second-order valence-corrected chi connectivity index (χ2v) is 6.68. The number of benzene rings is 1. The summed E-state index contributed by atoms with van der Waals surface area (Å²) in [7, 11) is 0. The number of carbonyl (C=O) groups excluding carboxylic acids is 1. The first kappa shape index (κ1) is 16.9. The first-order chi connectivity index (χ1) is 10.1. The lowest BCUT2D eigenvalue weighted by molar-refractivity contribution is -0.121. The molecule has 1 atom stereocenters. The highest BCUT2D eigenvalue weighted by atomic mass is 35.5. The Labute approximate surface area is 140 Å². The number of amides is 1. The zero-order chi connectivity index (χ0) is 14.8. The van der Waals surface area contributed by atoms with Crippen LogP contribution in [0.15, 0.2) is 30.3 Å². The predicted octanol–water partition coefficient (Wildman–Crippen LogP) is 3.33. The van der Waals surface area contributed by atoms with Gasteiger partial charge in [0.2, 0.25) is 5.91 Å². The topological polar surface area (TPSA) is 54.0 Å². The van der Waals surface area contributed by atoms with Crippen LogP contribution in [-0.4, -0.2) is 24.0 Å². The Balaban J connectivity index is 0.00000176. The third-order valence-corrected chi connectivity index (χ3v) is 4.84. The number of hydrogen-bond donors (Lipinski definition) is 2. The lowest BCUT2D eigenvalue weighted by Crippen LogP contribution is -2.48. The Morgan fingerprint density at radius 2 is 2.05 bits per heavy atom. The van der Waals surface area contributed by atoms with E-state index in [-0.39, 0.29) is 24.2 Å². The quantitative estimate of drug-likeness (QED) is 0.899. The minimum absolute atomic E-state index is 0. The van der Waals surface area contributed by atoms with Crippen molar-refractivity contribution >= 4 is 34.7 Å². The molecule has 2 heterocycles. The van der Waals surface area contributed by atoms with Crippen molar-refractivity contribution in [2.24, 2.45) is 11.8 Å². The first-order valence-corrected chi connectivity index (χ1v) is 8.01. The summed E-state index contributed by atoms with van der Waals surface area (Å²) in [5.41, 5.74) is 1.90. The first-order valence-electron chi connectivity index (χ1n) is 7.19. The van der Waals surface area contributed by atoms with E-state index in [2.05, 4.69) is 15.6 Å². The molecule has 4 nitrogen and oxygen atoms in total. The lowest BCUT2D eigenvalue weighted by Gasteiger charge is -2.31. The number of aromatic nitrogens is 1. The number of carbonyl (C=O) groups is 1. The second-order valence-electron chi connectivity index (χ2n) is 5.47. The molecule has 1 unspecified atom stereocenters. The molecule has 1 aromatic heterocycles. The maximum atomic E-state index is 12.4. The van der Waals surface area contributed by atoms with Gasteiger partial charge in [0.15, 0.2) is 0 Å². The smallest absolute Gasteiger partial charge is 0.228 e. The molecule has 0 bridgehead atoms. The van der Waals surface area contributed by atoms with Crippen LogP contribution in [0.2, 0.25) is 0 Å².